The number of alkyl halides is 2. The van der Waals surface area contributed by atoms with Gasteiger partial charge in [-0.1, -0.05) is 6.92 Å². The Bertz CT molecular complexity index is 920. The quantitative estimate of drug-likeness (QED) is 0.699. The molecule has 1 aromatic carbocycles. The Labute approximate surface area is 184 Å². The van der Waals surface area contributed by atoms with Gasteiger partial charge in [-0.05, 0) is 25.3 Å². The molecule has 1 aromatic heterocycles. The van der Waals surface area contributed by atoms with Crippen LogP contribution in [0.4, 0.5) is 13.2 Å². The molecule has 1 saturated carbocycles. The zero-order valence-corrected chi connectivity index (χ0v) is 18.0. The largest absolute Gasteiger partial charge is 0.391 e. The number of likely N-dealkylation sites (tertiary alicyclic amines) is 1. The average molecular weight is 458 g/mol. The SMILES string of the molecule is Cc1[c-]c(C2[C@H](O)CCN2C(=O)Cn2nc(C3CC3)cc2C(C)(F)F)cc(F)c1.[Cr]. The molecule has 2 atom stereocenters. The summed E-state index contributed by atoms with van der Waals surface area (Å²) in [5.41, 5.74) is 1.22. The minimum absolute atomic E-state index is 0. The number of hydrogen-bond donors (Lipinski definition) is 1. The van der Waals surface area contributed by atoms with Crippen molar-refractivity contribution in [1.82, 2.24) is 14.7 Å². The monoisotopic (exact) mass is 458 g/mol. The van der Waals surface area contributed by atoms with Gasteiger partial charge in [0.2, 0.25) is 5.91 Å². The Kier molecular flexibility index (Phi) is 6.38. The molecule has 1 saturated heterocycles. The zero-order chi connectivity index (χ0) is 20.9. The molecule has 0 bridgehead atoms. The average Bonchev–Trinajstić information content (AvgIpc) is 3.25. The zero-order valence-electron chi connectivity index (χ0n) is 16.7. The molecule has 1 unspecified atom stereocenters. The van der Waals surface area contributed by atoms with E-state index < -0.39 is 29.8 Å². The summed E-state index contributed by atoms with van der Waals surface area (Å²) in [5.74, 6) is -3.87. The van der Waals surface area contributed by atoms with E-state index in [1.54, 1.807) is 6.92 Å². The molecule has 1 N–H and O–H groups in total. The predicted molar refractivity (Wildman–Crippen MR) is 98.8 cm³/mol. The fraction of sp³-hybridized carbons (Fsp3) is 0.524. The summed E-state index contributed by atoms with van der Waals surface area (Å²) in [7, 11) is 0. The van der Waals surface area contributed by atoms with E-state index >= 15 is 0 Å². The number of benzene rings is 1. The second-order valence-electron chi connectivity index (χ2n) is 8.10. The number of aliphatic hydroxyl groups is 1. The van der Waals surface area contributed by atoms with Gasteiger partial charge in [-0.3, -0.25) is 9.48 Å². The number of rotatable bonds is 5. The molecule has 30 heavy (non-hydrogen) atoms. The van der Waals surface area contributed by atoms with Crippen molar-refractivity contribution in [2.24, 2.45) is 0 Å². The van der Waals surface area contributed by atoms with E-state index in [1.165, 1.54) is 23.1 Å². The van der Waals surface area contributed by atoms with Crippen molar-refractivity contribution < 1.29 is 40.4 Å². The summed E-state index contributed by atoms with van der Waals surface area (Å²) < 4.78 is 43.0. The van der Waals surface area contributed by atoms with E-state index in [9.17, 15) is 23.1 Å². The molecule has 0 radical (unpaired) electrons. The number of aryl methyl sites for hydroxylation is 1. The molecular weight excluding hydrogens is 435 g/mol. The molecule has 2 fully saturated rings. The van der Waals surface area contributed by atoms with Crippen LogP contribution in [0.2, 0.25) is 0 Å². The van der Waals surface area contributed by atoms with Gasteiger partial charge in [0.05, 0.1) is 17.8 Å². The molecular formula is C21H23CrF3N3O2-. The first-order valence-electron chi connectivity index (χ1n) is 9.76. The number of hydrogen-bond acceptors (Lipinski definition) is 3. The van der Waals surface area contributed by atoms with E-state index in [4.69, 9.17) is 0 Å². The number of carbonyl (C=O) groups is 1. The van der Waals surface area contributed by atoms with Crippen LogP contribution in [0.5, 0.6) is 0 Å². The summed E-state index contributed by atoms with van der Waals surface area (Å²) in [6, 6.07) is 6.18. The summed E-state index contributed by atoms with van der Waals surface area (Å²) in [4.78, 5) is 14.4. The van der Waals surface area contributed by atoms with Crippen LogP contribution in [0.1, 0.15) is 60.7 Å². The molecule has 2 aliphatic rings. The third-order valence-electron chi connectivity index (χ3n) is 5.52. The minimum atomic E-state index is -3.13. The Morgan fingerprint density at radius 3 is 2.60 bits per heavy atom. The van der Waals surface area contributed by atoms with Gasteiger partial charge in [0.1, 0.15) is 12.2 Å². The maximum Gasteiger partial charge on any atom is 0.286 e. The van der Waals surface area contributed by atoms with Crippen LogP contribution in [0.25, 0.3) is 0 Å². The maximum atomic E-state index is 14.1. The number of halogens is 3. The fourth-order valence-corrected chi connectivity index (χ4v) is 4.00. The van der Waals surface area contributed by atoms with E-state index in [0.717, 1.165) is 24.4 Å². The molecule has 9 heteroatoms. The van der Waals surface area contributed by atoms with Crippen LogP contribution >= 0.6 is 0 Å². The summed E-state index contributed by atoms with van der Waals surface area (Å²) in [6.45, 7) is 2.36. The molecule has 1 aliphatic heterocycles. The molecule has 1 aliphatic carbocycles. The maximum absolute atomic E-state index is 14.1. The predicted octanol–water partition coefficient (Wildman–Crippen LogP) is 3.45. The van der Waals surface area contributed by atoms with Crippen molar-refractivity contribution in [1.29, 1.82) is 0 Å². The molecule has 0 spiro atoms. The van der Waals surface area contributed by atoms with Crippen molar-refractivity contribution >= 4 is 5.91 Å². The molecule has 2 aromatic rings. The first-order chi connectivity index (χ1) is 13.6. The molecule has 2 heterocycles. The van der Waals surface area contributed by atoms with Crippen LogP contribution in [-0.2, 0) is 34.6 Å². The van der Waals surface area contributed by atoms with Crippen LogP contribution in [0.15, 0.2) is 18.2 Å². The molecule has 4 rings (SSSR count). The van der Waals surface area contributed by atoms with Gasteiger partial charge in [-0.25, -0.2) is 4.39 Å². The van der Waals surface area contributed by atoms with Gasteiger partial charge in [0.25, 0.3) is 5.92 Å². The normalized spacial score (nSPS) is 21.6. The van der Waals surface area contributed by atoms with Gasteiger partial charge in [-0.15, -0.1) is 17.7 Å². The molecule has 5 nitrogen and oxygen atoms in total. The Morgan fingerprint density at radius 2 is 2.00 bits per heavy atom. The van der Waals surface area contributed by atoms with Gasteiger partial charge in [0.15, 0.2) is 0 Å². The Morgan fingerprint density at radius 1 is 1.30 bits per heavy atom. The summed E-state index contributed by atoms with van der Waals surface area (Å²) >= 11 is 0. The van der Waals surface area contributed by atoms with Crippen molar-refractivity contribution in [3.8, 4) is 0 Å². The number of amides is 1. The molecule has 1 amide bonds. The van der Waals surface area contributed by atoms with Gasteiger partial charge >= 0.3 is 0 Å². The van der Waals surface area contributed by atoms with Crippen molar-refractivity contribution in [3.63, 3.8) is 0 Å². The Hall–Kier alpha value is -1.82. The minimum Gasteiger partial charge on any atom is -0.391 e. The standard InChI is InChI=1S/C21H23F3N3O2.Cr/c1-12-7-14(9-15(22)8-12)20-17(28)5-6-26(20)19(29)11-27-18(21(2,23)24)10-16(25-27)13-3-4-13;/h8-10,13,17,20,28H,3-6,11H2,1-2H3;/q-1;/t17-,20?;/m1./s1. The first-order valence-corrected chi connectivity index (χ1v) is 9.76. The van der Waals surface area contributed by atoms with Crippen LogP contribution in [-0.4, -0.2) is 38.3 Å². The molecule has 162 valence electrons. The van der Waals surface area contributed by atoms with Crippen molar-refractivity contribution in [3.05, 3.63) is 52.6 Å². The van der Waals surface area contributed by atoms with Crippen LogP contribution < -0.4 is 0 Å². The smallest absolute Gasteiger partial charge is 0.286 e. The number of carbonyl (C=O) groups excluding carboxylic acids is 1. The third kappa shape index (κ3) is 4.58. The van der Waals surface area contributed by atoms with E-state index in [-0.39, 0.29) is 42.1 Å². The van der Waals surface area contributed by atoms with E-state index in [0.29, 0.717) is 23.2 Å². The van der Waals surface area contributed by atoms with Crippen LogP contribution in [0.3, 0.4) is 0 Å². The third-order valence-corrected chi connectivity index (χ3v) is 5.52. The van der Waals surface area contributed by atoms with Gasteiger partial charge < -0.3 is 10.0 Å². The Balaban J connectivity index is 0.00000256. The number of aromatic nitrogens is 2. The topological polar surface area (TPSA) is 58.4 Å². The van der Waals surface area contributed by atoms with E-state index in [2.05, 4.69) is 11.2 Å². The second kappa shape index (κ2) is 8.37. The van der Waals surface area contributed by atoms with Gasteiger partial charge in [0, 0.05) is 42.6 Å². The van der Waals surface area contributed by atoms with Gasteiger partial charge in [-0.2, -0.15) is 25.5 Å². The van der Waals surface area contributed by atoms with Crippen molar-refractivity contribution in [2.45, 2.75) is 63.6 Å². The summed E-state index contributed by atoms with van der Waals surface area (Å²) in [5, 5.41) is 14.7. The number of nitrogens with zero attached hydrogens (tertiary/aromatic N) is 3. The number of aliphatic hydroxyl groups excluding tert-OH is 1. The van der Waals surface area contributed by atoms with Crippen LogP contribution in [0, 0.1) is 18.8 Å². The van der Waals surface area contributed by atoms with E-state index in [1.807, 2.05) is 0 Å². The second-order valence-corrected chi connectivity index (χ2v) is 8.10. The first kappa shape index (κ1) is 22.9. The summed E-state index contributed by atoms with van der Waals surface area (Å²) in [6.07, 6.45) is 1.27. The van der Waals surface area contributed by atoms with Crippen molar-refractivity contribution in [2.75, 3.05) is 6.54 Å². The fourth-order valence-electron chi connectivity index (χ4n) is 4.00.